The summed E-state index contributed by atoms with van der Waals surface area (Å²) in [5.41, 5.74) is 12.2. The molecule has 0 aliphatic rings. The van der Waals surface area contributed by atoms with Crippen LogP contribution in [0.4, 0.5) is 11.4 Å². The van der Waals surface area contributed by atoms with Crippen molar-refractivity contribution >= 4 is 11.4 Å². The molecule has 0 saturated heterocycles. The lowest BCUT2D eigenvalue weighted by Crippen LogP contribution is -2.22. The Bertz CT molecular complexity index is 339. The van der Waals surface area contributed by atoms with Crippen molar-refractivity contribution < 1.29 is 10.3 Å². The fourth-order valence-electron chi connectivity index (χ4n) is 1.46. The number of unbranched alkanes of at least 4 members (excludes halogenated alkanes) is 3. The van der Waals surface area contributed by atoms with Crippen molar-refractivity contribution in [3.8, 4) is 5.75 Å². The second-order valence-corrected chi connectivity index (χ2v) is 3.77. The molecule has 88 valence electrons. The quantitative estimate of drug-likeness (QED) is 0.421. The van der Waals surface area contributed by atoms with Gasteiger partial charge in [0.1, 0.15) is 0 Å². The van der Waals surface area contributed by atoms with E-state index in [1.165, 1.54) is 19.3 Å². The van der Waals surface area contributed by atoms with Crippen molar-refractivity contribution in [2.24, 2.45) is 5.11 Å². The third-order valence-electron chi connectivity index (χ3n) is 2.38. The molecule has 16 heavy (non-hydrogen) atoms. The van der Waals surface area contributed by atoms with Crippen molar-refractivity contribution in [2.45, 2.75) is 32.6 Å². The number of nitrogens with two attached hydrogens (primary N) is 2. The molecule has 0 aliphatic carbocycles. The molecule has 4 heteroatoms. The van der Waals surface area contributed by atoms with Crippen LogP contribution in [0.5, 0.6) is 5.75 Å². The van der Waals surface area contributed by atoms with Crippen LogP contribution in [0.2, 0.25) is 0 Å². The molecule has 0 radical (unpaired) electrons. The molecule has 0 atom stereocenters. The number of ether oxygens (including phenoxy) is 1. The third-order valence-corrected chi connectivity index (χ3v) is 2.38. The topological polar surface area (TPSA) is 73.2 Å². The van der Waals surface area contributed by atoms with E-state index in [0.717, 1.165) is 6.42 Å². The lowest BCUT2D eigenvalue weighted by Gasteiger charge is -2.07. The molecule has 1 rings (SSSR count). The molecule has 0 aromatic heterocycles. The van der Waals surface area contributed by atoms with Crippen molar-refractivity contribution in [1.29, 1.82) is 0 Å². The molecule has 0 heterocycles. The van der Waals surface area contributed by atoms with Gasteiger partial charge in [0.15, 0.2) is 11.4 Å². The second-order valence-electron chi connectivity index (χ2n) is 3.77. The molecule has 0 spiro atoms. The summed E-state index contributed by atoms with van der Waals surface area (Å²) in [5, 5.41) is 3.65. The summed E-state index contributed by atoms with van der Waals surface area (Å²) in [7, 11) is 0. The predicted molar refractivity (Wildman–Crippen MR) is 64.5 cm³/mol. The van der Waals surface area contributed by atoms with Gasteiger partial charge in [-0.25, -0.2) is 0 Å². The number of nitrogen functional groups attached to an aromatic ring is 1. The Morgan fingerprint density at radius 1 is 1.31 bits per heavy atom. The molecule has 0 aliphatic heterocycles. The van der Waals surface area contributed by atoms with E-state index < -0.39 is 0 Å². The first-order chi connectivity index (χ1) is 7.77. The van der Waals surface area contributed by atoms with Crippen LogP contribution >= 0.6 is 0 Å². The zero-order valence-electron chi connectivity index (χ0n) is 9.78. The van der Waals surface area contributed by atoms with Gasteiger partial charge in [-0.3, -0.25) is 0 Å². The van der Waals surface area contributed by atoms with Crippen LogP contribution in [-0.2, 0) is 0 Å². The number of hydrogen-bond donors (Lipinski definition) is 2. The standard InChI is InChI=1S/C12H19N3O/c1-2-3-4-5-8-16-12-9-10(13)6-7-11(12)15-14/h6-7,9,14H,2-5,8,13H2,1H3/p+1. The Labute approximate surface area is 96.3 Å². The molecule has 0 bridgehead atoms. The average molecular weight is 222 g/mol. The van der Waals surface area contributed by atoms with Gasteiger partial charge in [0.05, 0.1) is 6.61 Å². The highest BCUT2D eigenvalue weighted by Crippen LogP contribution is 2.28. The maximum atomic E-state index is 5.67. The molecular formula is C12H20N3O+. The minimum Gasteiger partial charge on any atom is -0.491 e. The van der Waals surface area contributed by atoms with Crippen LogP contribution in [0.25, 0.3) is 0 Å². The Balaban J connectivity index is 2.45. The lowest BCUT2D eigenvalue weighted by molar-refractivity contribution is -0.210. The summed E-state index contributed by atoms with van der Waals surface area (Å²) in [6.07, 6.45) is 4.71. The van der Waals surface area contributed by atoms with Crippen LogP contribution in [-0.4, -0.2) is 6.61 Å². The molecule has 0 unspecified atom stereocenters. The van der Waals surface area contributed by atoms with Crippen LogP contribution in [0, 0.1) is 0 Å². The molecule has 0 amide bonds. The van der Waals surface area contributed by atoms with Crippen molar-refractivity contribution in [3.05, 3.63) is 18.2 Å². The Morgan fingerprint density at radius 2 is 2.12 bits per heavy atom. The van der Waals surface area contributed by atoms with Gasteiger partial charge in [-0.15, -0.1) is 0 Å². The van der Waals surface area contributed by atoms with Gasteiger partial charge in [-0.2, -0.15) is 5.53 Å². The summed E-state index contributed by atoms with van der Waals surface area (Å²) in [6.45, 7) is 2.87. The zero-order valence-corrected chi connectivity index (χ0v) is 9.78. The number of anilines is 1. The van der Waals surface area contributed by atoms with Crippen LogP contribution in [0.3, 0.4) is 0 Å². The summed E-state index contributed by atoms with van der Waals surface area (Å²) in [4.78, 5) is 0. The molecular weight excluding hydrogens is 202 g/mol. The van der Waals surface area contributed by atoms with Crippen molar-refractivity contribution in [3.63, 3.8) is 0 Å². The smallest absolute Gasteiger partial charge is 0.171 e. The van der Waals surface area contributed by atoms with E-state index in [1.807, 2.05) is 0 Å². The zero-order chi connectivity index (χ0) is 11.8. The van der Waals surface area contributed by atoms with E-state index in [1.54, 1.807) is 18.2 Å². The molecule has 0 saturated carbocycles. The van der Waals surface area contributed by atoms with Gasteiger partial charge in [0.2, 0.25) is 0 Å². The maximum absolute atomic E-state index is 5.67. The number of rotatable bonds is 7. The maximum Gasteiger partial charge on any atom is 0.171 e. The molecule has 1 aromatic carbocycles. The summed E-state index contributed by atoms with van der Waals surface area (Å²) >= 11 is 0. The summed E-state index contributed by atoms with van der Waals surface area (Å²) in [6, 6.07) is 5.28. The highest BCUT2D eigenvalue weighted by molar-refractivity contribution is 5.58. The van der Waals surface area contributed by atoms with Gasteiger partial charge < -0.3 is 10.5 Å². The van der Waals surface area contributed by atoms with Crippen molar-refractivity contribution in [2.75, 3.05) is 12.3 Å². The minimum atomic E-state index is 0.643. The van der Waals surface area contributed by atoms with Gasteiger partial charge in [-0.05, 0) is 23.7 Å². The average Bonchev–Trinajstić information content (AvgIpc) is 2.29. The molecule has 4 nitrogen and oxygen atoms in total. The van der Waals surface area contributed by atoms with Crippen LogP contribution < -0.4 is 16.0 Å². The normalized spacial score (nSPS) is 10.1. The van der Waals surface area contributed by atoms with E-state index in [2.05, 4.69) is 12.0 Å². The Kier molecular flexibility index (Phi) is 5.32. The minimum absolute atomic E-state index is 0.643. The van der Waals surface area contributed by atoms with E-state index in [-0.39, 0.29) is 0 Å². The van der Waals surface area contributed by atoms with E-state index >= 15 is 0 Å². The molecule has 4 N–H and O–H groups in total. The Hall–Kier alpha value is -1.58. The van der Waals surface area contributed by atoms with Crippen molar-refractivity contribution in [1.82, 2.24) is 0 Å². The third kappa shape index (κ3) is 3.88. The fourth-order valence-corrected chi connectivity index (χ4v) is 1.46. The first-order valence-electron chi connectivity index (χ1n) is 5.71. The monoisotopic (exact) mass is 222 g/mol. The first-order valence-corrected chi connectivity index (χ1v) is 5.71. The predicted octanol–water partition coefficient (Wildman–Crippen LogP) is 2.07. The molecule has 1 aromatic rings. The van der Waals surface area contributed by atoms with Gasteiger partial charge >= 0.3 is 0 Å². The summed E-state index contributed by atoms with van der Waals surface area (Å²) < 4.78 is 5.60. The van der Waals surface area contributed by atoms with E-state index in [9.17, 15) is 0 Å². The highest BCUT2D eigenvalue weighted by atomic mass is 16.5. The SMILES string of the molecule is CCCCCCOc1cc(N)ccc1N=[NH2+]. The summed E-state index contributed by atoms with van der Waals surface area (Å²) in [5.74, 6) is 0.666. The van der Waals surface area contributed by atoms with E-state index in [4.69, 9.17) is 16.0 Å². The fraction of sp³-hybridized carbons (Fsp3) is 0.500. The van der Waals surface area contributed by atoms with E-state index in [0.29, 0.717) is 23.7 Å². The van der Waals surface area contributed by atoms with Gasteiger partial charge in [0, 0.05) is 11.8 Å². The second kappa shape index (κ2) is 6.82. The lowest BCUT2D eigenvalue weighted by atomic mass is 10.2. The van der Waals surface area contributed by atoms with Gasteiger partial charge in [-0.1, -0.05) is 26.2 Å². The first kappa shape index (κ1) is 12.5. The van der Waals surface area contributed by atoms with Gasteiger partial charge in [0.25, 0.3) is 0 Å². The van der Waals surface area contributed by atoms with Crippen LogP contribution in [0.15, 0.2) is 23.3 Å². The van der Waals surface area contributed by atoms with Crippen LogP contribution in [0.1, 0.15) is 32.6 Å². The number of benzene rings is 1. The highest BCUT2D eigenvalue weighted by Gasteiger charge is 2.04. The number of nitrogens with zero attached hydrogens (tertiary/aromatic N) is 1. The largest absolute Gasteiger partial charge is 0.491 e. The Morgan fingerprint density at radius 3 is 2.81 bits per heavy atom. The number of hydrogen-bond acceptors (Lipinski definition) is 3. The molecule has 0 fully saturated rings.